The van der Waals surface area contributed by atoms with Crippen molar-refractivity contribution in [2.75, 3.05) is 18.6 Å². The van der Waals surface area contributed by atoms with Crippen LogP contribution in [0.25, 0.3) is 0 Å². The highest BCUT2D eigenvalue weighted by Crippen LogP contribution is 2.17. The molecule has 0 aromatic carbocycles. The minimum absolute atomic E-state index is 0.0321. The molecule has 19 heavy (non-hydrogen) atoms. The molecular formula is C12H22N2O4S. The van der Waals surface area contributed by atoms with E-state index in [9.17, 15) is 18.0 Å². The van der Waals surface area contributed by atoms with E-state index in [1.807, 2.05) is 13.8 Å². The maximum absolute atomic E-state index is 12.3. The second-order valence-electron chi connectivity index (χ2n) is 5.21. The van der Waals surface area contributed by atoms with E-state index in [2.05, 4.69) is 5.32 Å². The van der Waals surface area contributed by atoms with Gasteiger partial charge in [-0.3, -0.25) is 9.59 Å². The molecule has 0 bridgehead atoms. The van der Waals surface area contributed by atoms with Crippen molar-refractivity contribution in [2.24, 2.45) is 5.92 Å². The molecule has 1 fully saturated rings. The summed E-state index contributed by atoms with van der Waals surface area (Å²) in [6.07, 6.45) is 1.89. The molecule has 0 aromatic rings. The minimum atomic E-state index is -3.16. The van der Waals surface area contributed by atoms with Crippen LogP contribution in [-0.2, 0) is 19.4 Å². The molecule has 3 atom stereocenters. The van der Waals surface area contributed by atoms with Gasteiger partial charge in [-0.15, -0.1) is 0 Å². The normalized spacial score (nSPS) is 26.2. The van der Waals surface area contributed by atoms with Crippen LogP contribution in [-0.4, -0.2) is 55.8 Å². The SMILES string of the molecule is CCC(C)C1NC(=O)C(C)N(CCS(C)(=O)=O)C1=O. The van der Waals surface area contributed by atoms with Crippen LogP contribution < -0.4 is 5.32 Å². The number of carbonyl (C=O) groups is 2. The van der Waals surface area contributed by atoms with Gasteiger partial charge in [-0.25, -0.2) is 8.42 Å². The smallest absolute Gasteiger partial charge is 0.246 e. The predicted octanol–water partition coefficient (Wildman–Crippen LogP) is -0.207. The highest BCUT2D eigenvalue weighted by Gasteiger charge is 2.39. The molecule has 2 amide bonds. The number of hydrogen-bond donors (Lipinski definition) is 1. The Hall–Kier alpha value is -1.11. The Kier molecular flexibility index (Phi) is 4.95. The molecule has 1 aliphatic heterocycles. The van der Waals surface area contributed by atoms with Crippen molar-refractivity contribution in [3.8, 4) is 0 Å². The van der Waals surface area contributed by atoms with Crippen molar-refractivity contribution >= 4 is 21.7 Å². The van der Waals surface area contributed by atoms with Crippen LogP contribution in [0, 0.1) is 5.92 Å². The number of piperazine rings is 1. The molecule has 1 aliphatic rings. The number of hydrogen-bond acceptors (Lipinski definition) is 4. The fourth-order valence-corrected chi connectivity index (χ4v) is 2.56. The second-order valence-corrected chi connectivity index (χ2v) is 7.47. The van der Waals surface area contributed by atoms with E-state index >= 15 is 0 Å². The molecule has 1 rings (SSSR count). The van der Waals surface area contributed by atoms with Crippen LogP contribution in [0.15, 0.2) is 0 Å². The third-order valence-electron chi connectivity index (χ3n) is 3.61. The van der Waals surface area contributed by atoms with Gasteiger partial charge in [-0.1, -0.05) is 20.3 Å². The average Bonchev–Trinajstić information content (AvgIpc) is 2.31. The molecule has 3 unspecified atom stereocenters. The molecular weight excluding hydrogens is 268 g/mol. The summed E-state index contributed by atoms with van der Waals surface area (Å²) in [6.45, 7) is 5.53. The summed E-state index contributed by atoms with van der Waals surface area (Å²) in [5, 5.41) is 2.71. The zero-order valence-electron chi connectivity index (χ0n) is 11.8. The molecule has 0 spiro atoms. The van der Waals surface area contributed by atoms with Crippen LogP contribution in [0.1, 0.15) is 27.2 Å². The Labute approximate surface area is 114 Å². The Balaban J connectivity index is 2.87. The first-order valence-corrected chi connectivity index (χ1v) is 8.52. The molecule has 1 saturated heterocycles. The van der Waals surface area contributed by atoms with Gasteiger partial charge in [-0.2, -0.15) is 0 Å². The summed E-state index contributed by atoms with van der Waals surface area (Å²) in [6, 6.07) is -1.16. The molecule has 6 nitrogen and oxygen atoms in total. The van der Waals surface area contributed by atoms with Crippen LogP contribution >= 0.6 is 0 Å². The zero-order chi connectivity index (χ0) is 14.8. The lowest BCUT2D eigenvalue weighted by Crippen LogP contribution is -2.64. The molecule has 0 aliphatic carbocycles. The van der Waals surface area contributed by atoms with Gasteiger partial charge in [0.2, 0.25) is 11.8 Å². The third kappa shape index (κ3) is 3.92. The summed E-state index contributed by atoms with van der Waals surface area (Å²) in [5.41, 5.74) is 0. The average molecular weight is 290 g/mol. The highest BCUT2D eigenvalue weighted by molar-refractivity contribution is 7.90. The largest absolute Gasteiger partial charge is 0.342 e. The van der Waals surface area contributed by atoms with Gasteiger partial charge in [0.25, 0.3) is 0 Å². The summed E-state index contributed by atoms with van der Waals surface area (Å²) in [4.78, 5) is 25.5. The van der Waals surface area contributed by atoms with Gasteiger partial charge in [-0.05, 0) is 12.8 Å². The summed E-state index contributed by atoms with van der Waals surface area (Å²) < 4.78 is 22.4. The standard InChI is InChI=1S/C12H22N2O4S/c1-5-8(2)10-12(16)14(6-7-19(4,17)18)9(3)11(15)13-10/h8-10H,5-7H2,1-4H3,(H,13,15). The number of nitrogens with one attached hydrogen (secondary N) is 1. The number of rotatable bonds is 5. The van der Waals surface area contributed by atoms with Gasteiger partial charge < -0.3 is 10.2 Å². The molecule has 110 valence electrons. The van der Waals surface area contributed by atoms with Gasteiger partial charge in [0, 0.05) is 12.8 Å². The number of carbonyl (C=O) groups excluding carboxylic acids is 2. The molecule has 0 saturated carbocycles. The zero-order valence-corrected chi connectivity index (χ0v) is 12.7. The topological polar surface area (TPSA) is 83.6 Å². The number of sulfone groups is 1. The quantitative estimate of drug-likeness (QED) is 0.759. The third-order valence-corrected chi connectivity index (χ3v) is 4.53. The van der Waals surface area contributed by atoms with E-state index in [0.29, 0.717) is 0 Å². The number of nitrogens with zero attached hydrogens (tertiary/aromatic N) is 1. The van der Waals surface area contributed by atoms with Gasteiger partial charge in [0.05, 0.1) is 5.75 Å². The van der Waals surface area contributed by atoms with Crippen LogP contribution in [0.2, 0.25) is 0 Å². The van der Waals surface area contributed by atoms with Crippen molar-refractivity contribution in [1.82, 2.24) is 10.2 Å². The Morgan fingerprint density at radius 3 is 2.42 bits per heavy atom. The summed E-state index contributed by atoms with van der Waals surface area (Å²) >= 11 is 0. The van der Waals surface area contributed by atoms with Crippen LogP contribution in [0.4, 0.5) is 0 Å². The van der Waals surface area contributed by atoms with E-state index in [-0.39, 0.29) is 30.0 Å². The lowest BCUT2D eigenvalue weighted by molar-refractivity contribution is -0.149. The Morgan fingerprint density at radius 1 is 1.37 bits per heavy atom. The first kappa shape index (κ1) is 15.9. The van der Waals surface area contributed by atoms with Crippen molar-refractivity contribution in [1.29, 1.82) is 0 Å². The maximum Gasteiger partial charge on any atom is 0.246 e. The maximum atomic E-state index is 12.3. The second kappa shape index (κ2) is 5.90. The Morgan fingerprint density at radius 2 is 1.95 bits per heavy atom. The van der Waals surface area contributed by atoms with E-state index in [1.54, 1.807) is 6.92 Å². The molecule has 1 heterocycles. The molecule has 0 radical (unpaired) electrons. The fraction of sp³-hybridized carbons (Fsp3) is 0.833. The Bertz CT molecular complexity index is 460. The van der Waals surface area contributed by atoms with Gasteiger partial charge in [0.15, 0.2) is 0 Å². The van der Waals surface area contributed by atoms with E-state index in [4.69, 9.17) is 0 Å². The molecule has 0 aromatic heterocycles. The minimum Gasteiger partial charge on any atom is -0.342 e. The van der Waals surface area contributed by atoms with Gasteiger partial charge in [0.1, 0.15) is 21.9 Å². The van der Waals surface area contributed by atoms with Crippen molar-refractivity contribution in [3.05, 3.63) is 0 Å². The first-order chi connectivity index (χ1) is 8.67. The highest BCUT2D eigenvalue weighted by atomic mass is 32.2. The fourth-order valence-electron chi connectivity index (χ4n) is 2.04. The van der Waals surface area contributed by atoms with E-state index < -0.39 is 21.9 Å². The van der Waals surface area contributed by atoms with Crippen molar-refractivity contribution in [2.45, 2.75) is 39.3 Å². The van der Waals surface area contributed by atoms with E-state index in [1.165, 1.54) is 4.90 Å². The van der Waals surface area contributed by atoms with Crippen molar-refractivity contribution in [3.63, 3.8) is 0 Å². The van der Waals surface area contributed by atoms with Crippen LogP contribution in [0.3, 0.4) is 0 Å². The number of amides is 2. The molecule has 7 heteroatoms. The first-order valence-electron chi connectivity index (χ1n) is 6.46. The molecule has 1 N–H and O–H groups in total. The van der Waals surface area contributed by atoms with E-state index in [0.717, 1.165) is 12.7 Å². The van der Waals surface area contributed by atoms with Crippen molar-refractivity contribution < 1.29 is 18.0 Å². The lowest BCUT2D eigenvalue weighted by Gasteiger charge is -2.39. The predicted molar refractivity (Wildman–Crippen MR) is 72.3 cm³/mol. The lowest BCUT2D eigenvalue weighted by atomic mass is 9.94. The summed E-state index contributed by atoms with van der Waals surface area (Å²) in [7, 11) is -3.16. The monoisotopic (exact) mass is 290 g/mol. The summed E-state index contributed by atoms with van der Waals surface area (Å²) in [5.74, 6) is -0.503. The van der Waals surface area contributed by atoms with Crippen LogP contribution in [0.5, 0.6) is 0 Å². The van der Waals surface area contributed by atoms with Gasteiger partial charge >= 0.3 is 0 Å².